The Morgan fingerprint density at radius 3 is 2.65 bits per heavy atom. The van der Waals surface area contributed by atoms with Gasteiger partial charge in [0.15, 0.2) is 0 Å². The van der Waals surface area contributed by atoms with Crippen molar-refractivity contribution in [1.29, 1.82) is 0 Å². The molecule has 0 radical (unpaired) electrons. The van der Waals surface area contributed by atoms with Crippen LogP contribution in [0.1, 0.15) is 18.9 Å². The van der Waals surface area contributed by atoms with E-state index >= 15 is 0 Å². The summed E-state index contributed by atoms with van der Waals surface area (Å²) in [5.41, 5.74) is 1.22. The van der Waals surface area contributed by atoms with Crippen molar-refractivity contribution < 1.29 is 0 Å². The normalized spacial score (nSPS) is 25.3. The summed E-state index contributed by atoms with van der Waals surface area (Å²) in [5.74, 6) is 0.311. The van der Waals surface area contributed by atoms with Gasteiger partial charge in [-0.25, -0.2) is 0 Å². The molecule has 0 aromatic heterocycles. The molecular weight excluding hydrogens is 228 g/mol. The summed E-state index contributed by atoms with van der Waals surface area (Å²) in [7, 11) is 0. The highest BCUT2D eigenvalue weighted by molar-refractivity contribution is 6.25. The Balaban J connectivity index is 2.06. The number of alkyl halides is 1. The molecule has 0 aliphatic heterocycles. The van der Waals surface area contributed by atoms with Gasteiger partial charge in [0, 0.05) is 0 Å². The van der Waals surface area contributed by atoms with Crippen LogP contribution in [0.2, 0.25) is 0 Å². The van der Waals surface area contributed by atoms with E-state index in [2.05, 4.69) is 43.4 Å². The van der Waals surface area contributed by atoms with Crippen LogP contribution >= 0.6 is 11.6 Å². The van der Waals surface area contributed by atoms with Crippen LogP contribution in [0.25, 0.3) is 6.08 Å². The highest BCUT2D eigenvalue weighted by Crippen LogP contribution is 2.34. The third kappa shape index (κ3) is 3.10. The van der Waals surface area contributed by atoms with Crippen LogP contribution in [0.4, 0.5) is 0 Å². The van der Waals surface area contributed by atoms with Crippen molar-refractivity contribution >= 4 is 17.7 Å². The zero-order chi connectivity index (χ0) is 12.1. The first kappa shape index (κ1) is 12.2. The van der Waals surface area contributed by atoms with E-state index in [1.54, 1.807) is 0 Å². The van der Waals surface area contributed by atoms with Crippen LogP contribution in [0, 0.1) is 5.92 Å². The Hall–Kier alpha value is -1.27. The molecule has 1 aromatic carbocycles. The van der Waals surface area contributed by atoms with E-state index in [1.165, 1.54) is 5.56 Å². The van der Waals surface area contributed by atoms with Gasteiger partial charge >= 0.3 is 0 Å². The molecule has 0 nitrogen and oxygen atoms in total. The molecule has 2 rings (SSSR count). The second kappa shape index (κ2) is 5.37. The molecule has 2 atom stereocenters. The fraction of sp³-hybridized carbons (Fsp3) is 0.250. The fourth-order valence-corrected chi connectivity index (χ4v) is 2.16. The maximum Gasteiger partial charge on any atom is 0.0723 e. The lowest BCUT2D eigenvalue weighted by Gasteiger charge is -2.28. The zero-order valence-electron chi connectivity index (χ0n) is 10.0. The minimum atomic E-state index is -0.264. The number of hydrogen-bond acceptors (Lipinski definition) is 0. The Bertz CT molecular complexity index is 442. The molecule has 1 aliphatic rings. The Labute approximate surface area is 108 Å². The molecule has 0 fully saturated rings. The third-order valence-electron chi connectivity index (χ3n) is 3.19. The molecular formula is C16H17Cl. The topological polar surface area (TPSA) is 0 Å². The molecule has 1 heteroatoms. The van der Waals surface area contributed by atoms with Crippen LogP contribution in [0.3, 0.4) is 0 Å². The van der Waals surface area contributed by atoms with Gasteiger partial charge in [-0.2, -0.15) is 0 Å². The smallest absolute Gasteiger partial charge is 0.0723 e. The molecule has 0 saturated carbocycles. The van der Waals surface area contributed by atoms with Crippen molar-refractivity contribution in [3.05, 3.63) is 66.3 Å². The average molecular weight is 245 g/mol. The van der Waals surface area contributed by atoms with Crippen LogP contribution in [-0.2, 0) is 0 Å². The van der Waals surface area contributed by atoms with Gasteiger partial charge in [-0.3, -0.25) is 0 Å². The number of rotatable bonds is 3. The number of hydrogen-bond donors (Lipinski definition) is 0. The van der Waals surface area contributed by atoms with Gasteiger partial charge in [0.1, 0.15) is 0 Å². The lowest BCUT2D eigenvalue weighted by atomic mass is 9.86. The van der Waals surface area contributed by atoms with E-state index in [0.717, 1.165) is 6.42 Å². The molecule has 0 saturated heterocycles. The first-order valence-corrected chi connectivity index (χ1v) is 6.35. The highest BCUT2D eigenvalue weighted by Gasteiger charge is 2.29. The van der Waals surface area contributed by atoms with Crippen LogP contribution in [0.5, 0.6) is 0 Å². The Morgan fingerprint density at radius 2 is 2.00 bits per heavy atom. The van der Waals surface area contributed by atoms with Crippen LogP contribution in [-0.4, -0.2) is 4.87 Å². The standard InChI is InChI=1S/C16H17Cl/c1-14(16(17)12-6-3-7-13-16)10-11-15-8-4-2-5-9-15/h2-12,14H,13H2,1H3. The molecule has 0 amide bonds. The second-order valence-electron chi connectivity index (χ2n) is 4.48. The fourth-order valence-electron chi connectivity index (χ4n) is 1.93. The molecule has 0 N–H and O–H groups in total. The number of benzene rings is 1. The van der Waals surface area contributed by atoms with Crippen LogP contribution < -0.4 is 0 Å². The van der Waals surface area contributed by atoms with E-state index in [-0.39, 0.29) is 4.87 Å². The summed E-state index contributed by atoms with van der Waals surface area (Å²) in [4.78, 5) is -0.264. The lowest BCUT2D eigenvalue weighted by molar-refractivity contribution is 0.554. The lowest BCUT2D eigenvalue weighted by Crippen LogP contribution is -2.26. The van der Waals surface area contributed by atoms with Crippen molar-refractivity contribution in [2.75, 3.05) is 0 Å². The van der Waals surface area contributed by atoms with E-state index in [4.69, 9.17) is 11.6 Å². The number of halogens is 1. The SMILES string of the molecule is CC(C=Cc1ccccc1)C1(Cl)C=CC=CC1. The van der Waals surface area contributed by atoms with E-state index in [0.29, 0.717) is 5.92 Å². The van der Waals surface area contributed by atoms with Crippen molar-refractivity contribution in [1.82, 2.24) is 0 Å². The highest BCUT2D eigenvalue weighted by atomic mass is 35.5. The molecule has 0 bridgehead atoms. The van der Waals surface area contributed by atoms with Gasteiger partial charge in [0.2, 0.25) is 0 Å². The van der Waals surface area contributed by atoms with Gasteiger partial charge in [-0.1, -0.05) is 73.7 Å². The molecule has 0 heterocycles. The van der Waals surface area contributed by atoms with Crippen LogP contribution in [0.15, 0.2) is 60.7 Å². The van der Waals surface area contributed by atoms with Gasteiger partial charge in [0.25, 0.3) is 0 Å². The van der Waals surface area contributed by atoms with Gasteiger partial charge in [-0.05, 0) is 17.9 Å². The summed E-state index contributed by atoms with van der Waals surface area (Å²) >= 11 is 6.60. The molecule has 17 heavy (non-hydrogen) atoms. The summed E-state index contributed by atoms with van der Waals surface area (Å²) in [6, 6.07) is 10.3. The van der Waals surface area contributed by atoms with Crippen molar-refractivity contribution in [2.24, 2.45) is 5.92 Å². The van der Waals surface area contributed by atoms with Crippen molar-refractivity contribution in [2.45, 2.75) is 18.2 Å². The first-order valence-electron chi connectivity index (χ1n) is 5.97. The Kier molecular flexibility index (Phi) is 3.86. The van der Waals surface area contributed by atoms with Gasteiger partial charge in [-0.15, -0.1) is 11.6 Å². The maximum atomic E-state index is 6.60. The molecule has 1 aliphatic carbocycles. The molecule has 0 spiro atoms. The van der Waals surface area contributed by atoms with E-state index in [1.807, 2.05) is 30.4 Å². The summed E-state index contributed by atoms with van der Waals surface area (Å²) in [6.07, 6.45) is 13.5. The molecule has 2 unspecified atom stereocenters. The quantitative estimate of drug-likeness (QED) is 0.668. The maximum absolute atomic E-state index is 6.60. The van der Waals surface area contributed by atoms with Crippen molar-refractivity contribution in [3.8, 4) is 0 Å². The minimum absolute atomic E-state index is 0.264. The van der Waals surface area contributed by atoms with Gasteiger partial charge in [0.05, 0.1) is 4.87 Å². The third-order valence-corrected chi connectivity index (χ3v) is 3.81. The monoisotopic (exact) mass is 244 g/mol. The van der Waals surface area contributed by atoms with E-state index in [9.17, 15) is 0 Å². The first-order chi connectivity index (χ1) is 8.21. The largest absolute Gasteiger partial charge is 0.114 e. The summed E-state index contributed by atoms with van der Waals surface area (Å²) < 4.78 is 0. The average Bonchev–Trinajstić information content (AvgIpc) is 2.38. The molecule has 1 aromatic rings. The predicted molar refractivity (Wildman–Crippen MR) is 76.1 cm³/mol. The predicted octanol–water partition coefficient (Wildman–Crippen LogP) is 4.83. The Morgan fingerprint density at radius 1 is 1.24 bits per heavy atom. The second-order valence-corrected chi connectivity index (χ2v) is 5.18. The number of allylic oxidation sites excluding steroid dienone is 5. The minimum Gasteiger partial charge on any atom is -0.114 e. The zero-order valence-corrected chi connectivity index (χ0v) is 10.8. The summed E-state index contributed by atoms with van der Waals surface area (Å²) in [6.45, 7) is 2.16. The summed E-state index contributed by atoms with van der Waals surface area (Å²) in [5, 5.41) is 0. The van der Waals surface area contributed by atoms with Gasteiger partial charge < -0.3 is 0 Å². The van der Waals surface area contributed by atoms with E-state index < -0.39 is 0 Å². The molecule has 88 valence electrons. The van der Waals surface area contributed by atoms with Crippen molar-refractivity contribution in [3.63, 3.8) is 0 Å².